The molecule has 4 heteroatoms. The molecule has 0 spiro atoms. The van der Waals surface area contributed by atoms with E-state index in [1.165, 1.54) is 0 Å². The average molecular weight is 213 g/mol. The van der Waals surface area contributed by atoms with Gasteiger partial charge >= 0.3 is 0 Å². The van der Waals surface area contributed by atoms with Crippen LogP contribution in [0.2, 0.25) is 0 Å². The highest BCUT2D eigenvalue weighted by Crippen LogP contribution is 1.98. The van der Waals surface area contributed by atoms with Crippen LogP contribution in [0.15, 0.2) is 28.2 Å². The second-order valence-corrected chi connectivity index (χ2v) is 3.34. The summed E-state index contributed by atoms with van der Waals surface area (Å²) in [4.78, 5) is 22.4. The van der Waals surface area contributed by atoms with Gasteiger partial charge in [-0.15, -0.1) is 0 Å². The second kappa shape index (κ2) is 4.10. The van der Waals surface area contributed by atoms with Gasteiger partial charge in [0.25, 0.3) is 5.56 Å². The van der Waals surface area contributed by atoms with Crippen molar-refractivity contribution in [1.29, 1.82) is 0 Å². The fourth-order valence-corrected chi connectivity index (χ4v) is 1.54. The summed E-state index contributed by atoms with van der Waals surface area (Å²) in [5.74, 6) is 0. The highest BCUT2D eigenvalue weighted by atomic mass is 16.1. The molecule has 0 amide bonds. The molecule has 0 aliphatic carbocycles. The van der Waals surface area contributed by atoms with E-state index in [-0.39, 0.29) is 5.56 Å². The quantitative estimate of drug-likeness (QED) is 0.668. The van der Waals surface area contributed by atoms with Crippen LogP contribution in [-0.4, -0.2) is 23.2 Å². The second-order valence-electron chi connectivity index (χ2n) is 3.34. The van der Waals surface area contributed by atoms with E-state index in [1.807, 2.05) is 0 Å². The summed E-state index contributed by atoms with van der Waals surface area (Å²) in [5, 5.41) is 2.04. The summed E-state index contributed by atoms with van der Waals surface area (Å²) < 4.78 is 0. The summed E-state index contributed by atoms with van der Waals surface area (Å²) in [6, 6.07) is 1.75. The number of fused-ring (bicyclic) bond motifs is 1. The molecule has 0 saturated carbocycles. The first kappa shape index (κ1) is 10.3. The highest BCUT2D eigenvalue weighted by Gasteiger charge is 1.98. The first-order valence-electron chi connectivity index (χ1n) is 4.81. The zero-order valence-electron chi connectivity index (χ0n) is 8.90. The molecule has 0 atom stereocenters. The van der Waals surface area contributed by atoms with E-state index < -0.39 is 0 Å². The summed E-state index contributed by atoms with van der Waals surface area (Å²) in [6.45, 7) is 3.91. The smallest absolute Gasteiger partial charge is 0.256 e. The van der Waals surface area contributed by atoms with Gasteiger partial charge in [0.1, 0.15) is 0 Å². The molecule has 0 radical (unpaired) electrons. The zero-order chi connectivity index (χ0) is 11.5. The molecule has 2 heterocycles. The van der Waals surface area contributed by atoms with Gasteiger partial charge in [-0.25, -0.2) is 0 Å². The van der Waals surface area contributed by atoms with Crippen molar-refractivity contribution in [3.63, 3.8) is 0 Å². The maximum atomic E-state index is 11.8. The predicted molar refractivity (Wildman–Crippen MR) is 66.0 cm³/mol. The van der Waals surface area contributed by atoms with E-state index in [0.717, 1.165) is 10.9 Å². The van der Waals surface area contributed by atoms with Crippen LogP contribution in [0.5, 0.6) is 0 Å². The summed E-state index contributed by atoms with van der Waals surface area (Å²) >= 11 is 0. The minimum atomic E-state index is -0.163. The summed E-state index contributed by atoms with van der Waals surface area (Å²) in [6.07, 6.45) is 6.54. The van der Waals surface area contributed by atoms with Crippen molar-refractivity contribution in [3.05, 3.63) is 39.3 Å². The van der Waals surface area contributed by atoms with E-state index in [0.29, 0.717) is 10.4 Å². The van der Waals surface area contributed by atoms with Crippen molar-refractivity contribution in [2.45, 2.75) is 0 Å². The lowest BCUT2D eigenvalue weighted by molar-refractivity contribution is 1.23. The molecule has 0 aliphatic heterocycles. The topological polar surface area (TPSA) is 58.1 Å². The van der Waals surface area contributed by atoms with Crippen molar-refractivity contribution in [2.24, 2.45) is 4.99 Å². The molecule has 2 aromatic heterocycles. The van der Waals surface area contributed by atoms with Gasteiger partial charge in [0, 0.05) is 36.3 Å². The molecule has 0 unspecified atom stereocenters. The van der Waals surface area contributed by atoms with E-state index >= 15 is 0 Å². The molecular weight excluding hydrogens is 202 g/mol. The summed E-state index contributed by atoms with van der Waals surface area (Å²) in [5.41, 5.74) is 0.583. The minimum absolute atomic E-state index is 0.163. The Labute approximate surface area is 91.7 Å². The first-order valence-corrected chi connectivity index (χ1v) is 4.81. The number of H-pyrrole nitrogens is 1. The van der Waals surface area contributed by atoms with Crippen molar-refractivity contribution in [1.82, 2.24) is 9.97 Å². The average Bonchev–Trinajstić information content (AvgIpc) is 2.29. The van der Waals surface area contributed by atoms with Crippen molar-refractivity contribution < 1.29 is 0 Å². The molecule has 0 bridgehead atoms. The van der Waals surface area contributed by atoms with Crippen molar-refractivity contribution >= 4 is 29.8 Å². The van der Waals surface area contributed by atoms with Gasteiger partial charge in [0.2, 0.25) is 0 Å². The molecule has 80 valence electrons. The molecule has 1 N–H and O–H groups in total. The maximum absolute atomic E-state index is 11.8. The third-order valence-corrected chi connectivity index (χ3v) is 2.35. The maximum Gasteiger partial charge on any atom is 0.256 e. The monoisotopic (exact) mass is 213 g/mol. The van der Waals surface area contributed by atoms with Crippen LogP contribution in [0, 0.1) is 0 Å². The lowest BCUT2D eigenvalue weighted by atomic mass is 10.2. The van der Waals surface area contributed by atoms with E-state index in [1.54, 1.807) is 37.8 Å². The van der Waals surface area contributed by atoms with Crippen LogP contribution in [0.4, 0.5) is 0 Å². The number of aliphatic imine (C=N–C) groups is 1. The lowest BCUT2D eigenvalue weighted by Gasteiger charge is -1.97. The summed E-state index contributed by atoms with van der Waals surface area (Å²) in [7, 11) is 1.65. The zero-order valence-corrected chi connectivity index (χ0v) is 8.90. The fraction of sp³-hybridized carbons (Fsp3) is 0.0833. The normalized spacial score (nSPS) is 12.7. The molecule has 0 saturated heterocycles. The Morgan fingerprint density at radius 2 is 2.38 bits per heavy atom. The van der Waals surface area contributed by atoms with Gasteiger partial charge in [-0.1, -0.05) is 6.58 Å². The fourth-order valence-electron chi connectivity index (χ4n) is 1.54. The number of rotatable bonds is 1. The van der Waals surface area contributed by atoms with Gasteiger partial charge in [-0.05, 0) is 17.4 Å². The standard InChI is InChI=1S/C12H11N3O/c1-8-9(3-5-13-2)12(16)15-11-4-6-14-7-10(8)11/h3-7H,1H2,2H3,(H,15,16)/b9-3+,13-5-. The van der Waals surface area contributed by atoms with E-state index in [2.05, 4.69) is 21.5 Å². The van der Waals surface area contributed by atoms with Crippen LogP contribution in [0.25, 0.3) is 23.6 Å². The van der Waals surface area contributed by atoms with Gasteiger partial charge < -0.3 is 4.98 Å². The number of nitrogens with zero attached hydrogens (tertiary/aromatic N) is 2. The van der Waals surface area contributed by atoms with Crippen LogP contribution in [0.1, 0.15) is 0 Å². The molecule has 16 heavy (non-hydrogen) atoms. The molecule has 2 rings (SSSR count). The van der Waals surface area contributed by atoms with Gasteiger partial charge in [-0.3, -0.25) is 14.8 Å². The Balaban J connectivity index is 2.98. The van der Waals surface area contributed by atoms with Gasteiger partial charge in [0.15, 0.2) is 0 Å². The number of hydrogen-bond donors (Lipinski definition) is 1. The van der Waals surface area contributed by atoms with E-state index in [9.17, 15) is 4.79 Å². The molecular formula is C12H11N3O. The Hall–Kier alpha value is -2.23. The molecule has 0 aliphatic rings. The van der Waals surface area contributed by atoms with Gasteiger partial charge in [-0.2, -0.15) is 0 Å². The highest BCUT2D eigenvalue weighted by molar-refractivity contribution is 5.91. The Morgan fingerprint density at radius 3 is 3.12 bits per heavy atom. The van der Waals surface area contributed by atoms with Gasteiger partial charge in [0.05, 0.1) is 5.52 Å². The van der Waals surface area contributed by atoms with Crippen LogP contribution in [-0.2, 0) is 0 Å². The number of aromatic nitrogens is 2. The third kappa shape index (κ3) is 1.65. The number of nitrogens with one attached hydrogen (secondary N) is 1. The molecule has 2 aromatic rings. The first-order chi connectivity index (χ1) is 7.74. The molecule has 0 fully saturated rings. The van der Waals surface area contributed by atoms with Crippen LogP contribution in [0.3, 0.4) is 0 Å². The SMILES string of the molecule is C=c1/c(=C\C=N/C)c(=O)[nH]c2ccncc12. The largest absolute Gasteiger partial charge is 0.321 e. The Bertz CT molecular complexity index is 713. The minimum Gasteiger partial charge on any atom is -0.321 e. The van der Waals surface area contributed by atoms with Crippen molar-refractivity contribution in [2.75, 3.05) is 7.05 Å². The number of pyridine rings is 2. The third-order valence-electron chi connectivity index (χ3n) is 2.35. The number of hydrogen-bond acceptors (Lipinski definition) is 3. The number of aromatic amines is 1. The van der Waals surface area contributed by atoms with Crippen molar-refractivity contribution in [3.8, 4) is 0 Å². The van der Waals surface area contributed by atoms with E-state index in [4.69, 9.17) is 0 Å². The molecule has 0 aromatic carbocycles. The molecule has 4 nitrogen and oxygen atoms in total. The predicted octanol–water partition coefficient (Wildman–Crippen LogP) is -0.186. The Morgan fingerprint density at radius 1 is 1.56 bits per heavy atom. The lowest BCUT2D eigenvalue weighted by Crippen LogP contribution is -2.40. The van der Waals surface area contributed by atoms with Crippen LogP contribution >= 0.6 is 0 Å². The Kier molecular flexibility index (Phi) is 2.64. The van der Waals surface area contributed by atoms with Crippen LogP contribution < -0.4 is 16.0 Å².